The van der Waals surface area contributed by atoms with Crippen molar-refractivity contribution in [1.29, 1.82) is 0 Å². The molecule has 0 fully saturated rings. The van der Waals surface area contributed by atoms with Crippen molar-refractivity contribution < 1.29 is 5.11 Å². The van der Waals surface area contributed by atoms with E-state index in [4.69, 9.17) is 5.11 Å². The molecule has 0 bridgehead atoms. The van der Waals surface area contributed by atoms with Gasteiger partial charge in [-0.05, 0) is 19.3 Å². The van der Waals surface area contributed by atoms with E-state index < -0.39 is 0 Å². The van der Waals surface area contributed by atoms with Crippen molar-refractivity contribution in [3.8, 4) is 0 Å². The molecule has 9 heavy (non-hydrogen) atoms. The van der Waals surface area contributed by atoms with Crippen LogP contribution in [0, 0.1) is 0 Å². The molecule has 0 saturated carbocycles. The van der Waals surface area contributed by atoms with Crippen molar-refractivity contribution in [2.45, 2.75) is 25.4 Å². The van der Waals surface area contributed by atoms with Gasteiger partial charge in [-0.15, -0.1) is 0 Å². The standard InChI is InChI=1S/C8H12O/c9-8-6-4-2-1-3-5-7-8/h1-2,5,7-9H,3-4,6H2/b2-1-,7-5-. The van der Waals surface area contributed by atoms with E-state index in [0.29, 0.717) is 0 Å². The van der Waals surface area contributed by atoms with E-state index in [2.05, 4.69) is 12.2 Å². The van der Waals surface area contributed by atoms with E-state index in [0.717, 1.165) is 19.3 Å². The van der Waals surface area contributed by atoms with Crippen LogP contribution in [-0.2, 0) is 0 Å². The molecule has 1 nitrogen and oxygen atoms in total. The van der Waals surface area contributed by atoms with Crippen molar-refractivity contribution in [1.82, 2.24) is 0 Å². The van der Waals surface area contributed by atoms with Gasteiger partial charge in [0, 0.05) is 0 Å². The molecule has 0 aromatic rings. The number of aliphatic hydroxyl groups excluding tert-OH is 1. The summed E-state index contributed by atoms with van der Waals surface area (Å²) in [5, 5.41) is 9.09. The lowest BCUT2D eigenvalue weighted by atomic mass is 10.1. The van der Waals surface area contributed by atoms with Crippen LogP contribution in [0.1, 0.15) is 19.3 Å². The minimum atomic E-state index is -0.213. The molecule has 0 aliphatic heterocycles. The second-order valence-corrected chi connectivity index (χ2v) is 2.28. The third-order valence-electron chi connectivity index (χ3n) is 1.43. The third kappa shape index (κ3) is 2.47. The van der Waals surface area contributed by atoms with E-state index in [-0.39, 0.29) is 6.10 Å². The van der Waals surface area contributed by atoms with Gasteiger partial charge in [0.25, 0.3) is 0 Å². The van der Waals surface area contributed by atoms with Crippen LogP contribution >= 0.6 is 0 Å². The number of hydrogen-bond donors (Lipinski definition) is 1. The first-order chi connectivity index (χ1) is 4.39. The highest BCUT2D eigenvalue weighted by Gasteiger charge is 1.96. The van der Waals surface area contributed by atoms with Gasteiger partial charge >= 0.3 is 0 Å². The second kappa shape index (κ2) is 3.46. The summed E-state index contributed by atoms with van der Waals surface area (Å²) in [6, 6.07) is 0. The van der Waals surface area contributed by atoms with Crippen LogP contribution in [0.5, 0.6) is 0 Å². The predicted octanol–water partition coefficient (Wildman–Crippen LogP) is 1.64. The topological polar surface area (TPSA) is 20.2 Å². The van der Waals surface area contributed by atoms with E-state index >= 15 is 0 Å². The Kier molecular flexibility index (Phi) is 2.52. The third-order valence-corrected chi connectivity index (χ3v) is 1.43. The summed E-state index contributed by atoms with van der Waals surface area (Å²) in [6.07, 6.45) is 10.7. The van der Waals surface area contributed by atoms with Gasteiger partial charge in [-0.3, -0.25) is 0 Å². The normalized spacial score (nSPS) is 34.6. The molecule has 1 heteroatoms. The molecule has 1 atom stereocenters. The van der Waals surface area contributed by atoms with Crippen molar-refractivity contribution in [2.75, 3.05) is 0 Å². The molecule has 0 heterocycles. The zero-order chi connectivity index (χ0) is 6.53. The molecular formula is C8H12O. The van der Waals surface area contributed by atoms with Gasteiger partial charge in [-0.1, -0.05) is 24.3 Å². The largest absolute Gasteiger partial charge is 0.389 e. The molecule has 0 aromatic carbocycles. The van der Waals surface area contributed by atoms with Crippen molar-refractivity contribution >= 4 is 0 Å². The Morgan fingerprint density at radius 2 is 2.11 bits per heavy atom. The molecule has 0 amide bonds. The Hall–Kier alpha value is -0.560. The van der Waals surface area contributed by atoms with Crippen LogP contribution < -0.4 is 0 Å². The zero-order valence-corrected chi connectivity index (χ0v) is 5.46. The smallest absolute Gasteiger partial charge is 0.0724 e. The van der Waals surface area contributed by atoms with Gasteiger partial charge in [0.2, 0.25) is 0 Å². The van der Waals surface area contributed by atoms with E-state index in [9.17, 15) is 0 Å². The molecule has 0 aromatic heterocycles. The lowest BCUT2D eigenvalue weighted by Gasteiger charge is -2.03. The molecular weight excluding hydrogens is 112 g/mol. The molecule has 0 radical (unpaired) electrons. The summed E-state index contributed by atoms with van der Waals surface area (Å²) in [7, 11) is 0. The van der Waals surface area contributed by atoms with Crippen molar-refractivity contribution in [3.63, 3.8) is 0 Å². The Labute approximate surface area is 55.7 Å². The highest BCUT2D eigenvalue weighted by atomic mass is 16.3. The molecule has 0 saturated heterocycles. The maximum Gasteiger partial charge on any atom is 0.0724 e. The predicted molar refractivity (Wildman–Crippen MR) is 38.1 cm³/mol. The zero-order valence-electron chi connectivity index (χ0n) is 5.46. The summed E-state index contributed by atoms with van der Waals surface area (Å²) in [5.41, 5.74) is 0. The van der Waals surface area contributed by atoms with Crippen LogP contribution in [0.4, 0.5) is 0 Å². The molecule has 1 aliphatic rings. The van der Waals surface area contributed by atoms with Gasteiger partial charge in [0.15, 0.2) is 0 Å². The summed E-state index contributed by atoms with van der Waals surface area (Å²) >= 11 is 0. The van der Waals surface area contributed by atoms with Gasteiger partial charge in [0.1, 0.15) is 0 Å². The minimum Gasteiger partial charge on any atom is -0.389 e. The molecule has 1 unspecified atom stereocenters. The highest BCUT2D eigenvalue weighted by molar-refractivity contribution is 4.99. The van der Waals surface area contributed by atoms with Gasteiger partial charge < -0.3 is 5.11 Å². The Morgan fingerprint density at radius 3 is 3.00 bits per heavy atom. The molecule has 0 spiro atoms. The average Bonchev–Trinajstić information content (AvgIpc) is 1.79. The summed E-state index contributed by atoms with van der Waals surface area (Å²) < 4.78 is 0. The van der Waals surface area contributed by atoms with Crippen molar-refractivity contribution in [3.05, 3.63) is 24.3 Å². The summed E-state index contributed by atoms with van der Waals surface area (Å²) in [6.45, 7) is 0. The number of hydrogen-bond acceptors (Lipinski definition) is 1. The van der Waals surface area contributed by atoms with Crippen LogP contribution in [-0.4, -0.2) is 11.2 Å². The fourth-order valence-electron chi connectivity index (χ4n) is 0.892. The SMILES string of the molecule is OC1/C=C\C/C=C\CC1. The summed E-state index contributed by atoms with van der Waals surface area (Å²) in [5.74, 6) is 0. The lowest BCUT2D eigenvalue weighted by molar-refractivity contribution is 0.213. The molecule has 1 N–H and O–H groups in total. The minimum absolute atomic E-state index is 0.213. The Bertz CT molecular complexity index is 125. The number of allylic oxidation sites excluding steroid dienone is 3. The quantitative estimate of drug-likeness (QED) is 0.487. The van der Waals surface area contributed by atoms with Crippen LogP contribution in [0.2, 0.25) is 0 Å². The van der Waals surface area contributed by atoms with E-state index in [1.165, 1.54) is 0 Å². The lowest BCUT2D eigenvalue weighted by Crippen LogP contribution is -2.01. The second-order valence-electron chi connectivity index (χ2n) is 2.28. The van der Waals surface area contributed by atoms with Gasteiger partial charge in [-0.25, -0.2) is 0 Å². The molecule has 1 aliphatic carbocycles. The van der Waals surface area contributed by atoms with Crippen LogP contribution in [0.3, 0.4) is 0 Å². The fourth-order valence-corrected chi connectivity index (χ4v) is 0.892. The monoisotopic (exact) mass is 124 g/mol. The first-order valence-electron chi connectivity index (χ1n) is 3.39. The average molecular weight is 124 g/mol. The number of rotatable bonds is 0. The van der Waals surface area contributed by atoms with Gasteiger partial charge in [-0.2, -0.15) is 0 Å². The molecule has 50 valence electrons. The van der Waals surface area contributed by atoms with E-state index in [1.807, 2.05) is 12.2 Å². The van der Waals surface area contributed by atoms with E-state index in [1.54, 1.807) is 0 Å². The van der Waals surface area contributed by atoms with Crippen LogP contribution in [0.25, 0.3) is 0 Å². The Balaban J connectivity index is 2.40. The fraction of sp³-hybridized carbons (Fsp3) is 0.500. The van der Waals surface area contributed by atoms with Gasteiger partial charge in [0.05, 0.1) is 6.10 Å². The first kappa shape index (κ1) is 6.56. The van der Waals surface area contributed by atoms with Crippen molar-refractivity contribution in [2.24, 2.45) is 0 Å². The summed E-state index contributed by atoms with van der Waals surface area (Å²) in [4.78, 5) is 0. The molecule has 1 rings (SSSR count). The number of aliphatic hydroxyl groups is 1. The maximum atomic E-state index is 9.09. The van der Waals surface area contributed by atoms with Crippen LogP contribution in [0.15, 0.2) is 24.3 Å². The maximum absolute atomic E-state index is 9.09. The first-order valence-corrected chi connectivity index (χ1v) is 3.39. The Morgan fingerprint density at radius 1 is 1.22 bits per heavy atom. The highest BCUT2D eigenvalue weighted by Crippen LogP contribution is 2.04.